The minimum Gasteiger partial charge on any atom is -0.444 e. The Balaban J connectivity index is 0.000000230. The van der Waals surface area contributed by atoms with Gasteiger partial charge in [0.2, 0.25) is 5.91 Å². The molecule has 2 fully saturated rings. The molecule has 0 aliphatic carbocycles. The molecule has 2 atom stereocenters. The molecule has 3 N–H and O–H groups in total. The largest absolute Gasteiger partial charge is 0.444 e. The second-order valence-corrected chi connectivity index (χ2v) is 11.1. The van der Waals surface area contributed by atoms with Crippen LogP contribution in [0.2, 0.25) is 0 Å². The van der Waals surface area contributed by atoms with Crippen molar-refractivity contribution in [2.75, 3.05) is 50.2 Å². The Morgan fingerprint density at radius 1 is 0.949 bits per heavy atom. The van der Waals surface area contributed by atoms with Crippen LogP contribution in [0.15, 0.2) is 45.6 Å². The number of nitrogens with one attached hydrogen (secondary N) is 3. The lowest BCUT2D eigenvalue weighted by Gasteiger charge is -2.35. The van der Waals surface area contributed by atoms with Gasteiger partial charge in [-0.15, -0.1) is 0 Å². The highest BCUT2D eigenvalue weighted by Gasteiger charge is 2.35. The minimum atomic E-state index is -0.751. The maximum absolute atomic E-state index is 12.5. The van der Waals surface area contributed by atoms with Crippen LogP contribution in [-0.4, -0.2) is 90.0 Å². The van der Waals surface area contributed by atoms with E-state index in [2.05, 4.69) is 57.8 Å². The van der Waals surface area contributed by atoms with E-state index in [9.17, 15) is 14.4 Å². The normalized spacial score (nSPS) is 19.3. The summed E-state index contributed by atoms with van der Waals surface area (Å²) in [5, 5.41) is 8.50. The van der Waals surface area contributed by atoms with E-state index in [1.165, 1.54) is 4.90 Å². The van der Waals surface area contributed by atoms with Crippen molar-refractivity contribution in [1.29, 1.82) is 0 Å². The molecule has 0 radical (unpaired) electrons. The lowest BCUT2D eigenvalue weighted by molar-refractivity contribution is -0.127. The Labute approximate surface area is 243 Å². The van der Waals surface area contributed by atoms with Gasteiger partial charge in [0.05, 0.1) is 26.4 Å². The highest BCUT2D eigenvalue weighted by molar-refractivity contribution is 9.10. The molecule has 2 aromatic heterocycles. The number of halogens is 2. The van der Waals surface area contributed by atoms with Crippen LogP contribution >= 0.6 is 31.9 Å². The summed E-state index contributed by atoms with van der Waals surface area (Å²) >= 11 is 6.49. The summed E-state index contributed by atoms with van der Waals surface area (Å²) in [5.41, 5.74) is -0.623. The van der Waals surface area contributed by atoms with E-state index in [0.717, 1.165) is 0 Å². The maximum atomic E-state index is 12.5. The molecule has 212 valence electrons. The number of aromatic nitrogens is 2. The van der Waals surface area contributed by atoms with Crippen molar-refractivity contribution in [1.82, 2.24) is 20.2 Å². The van der Waals surface area contributed by atoms with Crippen LogP contribution in [-0.2, 0) is 23.8 Å². The van der Waals surface area contributed by atoms with E-state index in [0.29, 0.717) is 53.8 Å². The molecule has 39 heavy (non-hydrogen) atoms. The van der Waals surface area contributed by atoms with Crippen molar-refractivity contribution in [3.8, 4) is 0 Å². The first-order valence-electron chi connectivity index (χ1n) is 12.3. The number of hydrogen-bond acceptors (Lipinski definition) is 9. The monoisotopic (exact) mass is 670 g/mol. The van der Waals surface area contributed by atoms with Gasteiger partial charge in [0.15, 0.2) is 0 Å². The van der Waals surface area contributed by atoms with Crippen molar-refractivity contribution in [2.24, 2.45) is 0 Å². The molecule has 0 aromatic carbocycles. The number of anilines is 2. The molecule has 14 heteroatoms. The van der Waals surface area contributed by atoms with E-state index in [-0.39, 0.29) is 24.5 Å². The summed E-state index contributed by atoms with van der Waals surface area (Å²) in [6.07, 6.45) is -0.525. The fraction of sp³-hybridized carbons (Fsp3) is 0.480. The number of morpholine rings is 2. The van der Waals surface area contributed by atoms with Crippen LogP contribution < -0.4 is 16.0 Å². The summed E-state index contributed by atoms with van der Waals surface area (Å²) in [6.45, 7) is 7.91. The molecule has 2 aliphatic rings. The zero-order valence-corrected chi connectivity index (χ0v) is 25.1. The van der Waals surface area contributed by atoms with Crippen LogP contribution in [0.4, 0.5) is 16.4 Å². The van der Waals surface area contributed by atoms with Crippen molar-refractivity contribution in [3.63, 3.8) is 0 Å². The lowest BCUT2D eigenvalue weighted by atomic mass is 10.2. The SMILES string of the molecule is CC(C)(C)OC(=O)N1CCOC[C@H]1C(=O)Nc1cccc(Br)n1.O=C(Nc1cccc(Br)n1)[C@@H]1COCCN1. The predicted octanol–water partition coefficient (Wildman–Crippen LogP) is 3.19. The standard InChI is InChI=1S/C15H20BrN3O4.C10H12BrN3O2/c1-15(2,3)23-14(21)19-7-8-22-9-10(19)13(20)18-12-6-4-5-11(16)17-12;11-8-2-1-3-9(13-8)14-10(15)7-6-16-5-4-12-7/h4-6,10H,7-9H2,1-3H3,(H,17,18,20);1-3,7,12H,4-6H2,(H,13,14,15)/t10-;7-/m00/s1. The fourth-order valence-corrected chi connectivity index (χ4v) is 4.16. The quantitative estimate of drug-likeness (QED) is 0.418. The molecule has 0 spiro atoms. The van der Waals surface area contributed by atoms with E-state index in [1.54, 1.807) is 51.1 Å². The first-order chi connectivity index (χ1) is 18.5. The van der Waals surface area contributed by atoms with Crippen LogP contribution in [0.5, 0.6) is 0 Å². The second kappa shape index (κ2) is 14.7. The Morgan fingerprint density at radius 3 is 2.08 bits per heavy atom. The van der Waals surface area contributed by atoms with Crippen molar-refractivity contribution >= 4 is 61.4 Å². The van der Waals surface area contributed by atoms with Crippen LogP contribution in [0.3, 0.4) is 0 Å². The molecular weight excluding hydrogens is 640 g/mol. The van der Waals surface area contributed by atoms with Gasteiger partial charge in [-0.25, -0.2) is 14.8 Å². The highest BCUT2D eigenvalue weighted by Crippen LogP contribution is 2.17. The Morgan fingerprint density at radius 2 is 1.54 bits per heavy atom. The highest BCUT2D eigenvalue weighted by atomic mass is 79.9. The van der Waals surface area contributed by atoms with Gasteiger partial charge in [0.25, 0.3) is 5.91 Å². The minimum absolute atomic E-state index is 0.120. The number of amides is 3. The molecule has 2 aliphatic heterocycles. The number of hydrogen-bond donors (Lipinski definition) is 3. The third kappa shape index (κ3) is 10.4. The molecular formula is C25H32Br2N6O6. The van der Waals surface area contributed by atoms with Gasteiger partial charge in [-0.2, -0.15) is 0 Å². The summed E-state index contributed by atoms with van der Waals surface area (Å²) < 4.78 is 17.2. The number of rotatable bonds is 4. The molecule has 2 saturated heterocycles. The Kier molecular flexibility index (Phi) is 11.6. The third-order valence-corrected chi connectivity index (χ3v) is 6.11. The van der Waals surface area contributed by atoms with Crippen LogP contribution in [0, 0.1) is 0 Å². The van der Waals surface area contributed by atoms with Gasteiger partial charge >= 0.3 is 6.09 Å². The molecule has 2 aromatic rings. The van der Waals surface area contributed by atoms with Gasteiger partial charge in [-0.3, -0.25) is 14.5 Å². The summed E-state index contributed by atoms with van der Waals surface area (Å²) in [6, 6.07) is 9.50. The van der Waals surface area contributed by atoms with Gasteiger partial charge in [-0.05, 0) is 76.9 Å². The van der Waals surface area contributed by atoms with Gasteiger partial charge in [0, 0.05) is 13.1 Å². The van der Waals surface area contributed by atoms with Gasteiger partial charge < -0.3 is 30.2 Å². The zero-order chi connectivity index (χ0) is 28.4. The predicted molar refractivity (Wildman–Crippen MR) is 151 cm³/mol. The topological polar surface area (TPSA) is 144 Å². The number of carbonyl (C=O) groups is 3. The number of pyridine rings is 2. The second-order valence-electron chi connectivity index (χ2n) is 9.52. The molecule has 0 saturated carbocycles. The van der Waals surface area contributed by atoms with Crippen molar-refractivity contribution < 1.29 is 28.6 Å². The van der Waals surface area contributed by atoms with E-state index in [4.69, 9.17) is 14.2 Å². The average Bonchev–Trinajstić information content (AvgIpc) is 2.88. The van der Waals surface area contributed by atoms with E-state index < -0.39 is 17.7 Å². The van der Waals surface area contributed by atoms with Gasteiger partial charge in [-0.1, -0.05) is 12.1 Å². The molecule has 4 rings (SSSR count). The molecule has 3 amide bonds. The van der Waals surface area contributed by atoms with E-state index in [1.807, 2.05) is 6.07 Å². The first kappa shape index (κ1) is 30.9. The molecule has 12 nitrogen and oxygen atoms in total. The molecule has 0 unspecified atom stereocenters. The number of carbonyl (C=O) groups excluding carboxylic acids is 3. The van der Waals surface area contributed by atoms with E-state index >= 15 is 0 Å². The summed E-state index contributed by atoms with van der Waals surface area (Å²) in [5.74, 6) is 0.456. The molecule has 0 bridgehead atoms. The van der Waals surface area contributed by atoms with Crippen LogP contribution in [0.25, 0.3) is 0 Å². The first-order valence-corrected chi connectivity index (χ1v) is 13.9. The lowest BCUT2D eigenvalue weighted by Crippen LogP contribution is -2.55. The smallest absolute Gasteiger partial charge is 0.411 e. The third-order valence-electron chi connectivity index (χ3n) is 5.23. The number of ether oxygens (including phenoxy) is 3. The number of nitrogens with zero attached hydrogens (tertiary/aromatic N) is 3. The fourth-order valence-electron chi connectivity index (χ4n) is 3.47. The van der Waals surface area contributed by atoms with Crippen molar-refractivity contribution in [2.45, 2.75) is 38.5 Å². The zero-order valence-electron chi connectivity index (χ0n) is 21.9. The summed E-state index contributed by atoms with van der Waals surface area (Å²) in [7, 11) is 0. The Hall–Kier alpha value is -2.65. The summed E-state index contributed by atoms with van der Waals surface area (Å²) in [4.78, 5) is 46.2. The maximum Gasteiger partial charge on any atom is 0.411 e. The van der Waals surface area contributed by atoms with Crippen LogP contribution in [0.1, 0.15) is 20.8 Å². The van der Waals surface area contributed by atoms with Gasteiger partial charge in [0.1, 0.15) is 38.5 Å². The molecule has 4 heterocycles. The Bertz CT molecular complexity index is 1140. The average molecular weight is 672 g/mol. The van der Waals surface area contributed by atoms with Crippen molar-refractivity contribution in [3.05, 3.63) is 45.6 Å².